The number of hydrogen-bond donors (Lipinski definition) is 1. The van der Waals surface area contributed by atoms with Crippen molar-refractivity contribution in [2.45, 2.75) is 33.6 Å². The summed E-state index contributed by atoms with van der Waals surface area (Å²) in [6, 6.07) is 5.18. The summed E-state index contributed by atoms with van der Waals surface area (Å²) in [6.07, 6.45) is 2.24. The predicted octanol–water partition coefficient (Wildman–Crippen LogP) is 3.26. The molecule has 0 aromatic heterocycles. The van der Waals surface area contributed by atoms with Crippen molar-refractivity contribution in [3.8, 4) is 5.75 Å². The molecule has 1 unspecified atom stereocenters. The summed E-state index contributed by atoms with van der Waals surface area (Å²) < 4.78 is 10.6. The van der Waals surface area contributed by atoms with Gasteiger partial charge in [-0.2, -0.15) is 0 Å². The van der Waals surface area contributed by atoms with E-state index in [0.717, 1.165) is 12.8 Å². The number of carbonyl (C=O) groups is 1. The van der Waals surface area contributed by atoms with Gasteiger partial charge in [-0.3, -0.25) is 0 Å². The van der Waals surface area contributed by atoms with Gasteiger partial charge in [-0.25, -0.2) is 4.79 Å². The zero-order valence-corrected chi connectivity index (χ0v) is 11.9. The van der Waals surface area contributed by atoms with Gasteiger partial charge in [0.15, 0.2) is 0 Å². The summed E-state index contributed by atoms with van der Waals surface area (Å²) in [7, 11) is 0. The van der Waals surface area contributed by atoms with Crippen molar-refractivity contribution in [2.24, 2.45) is 5.92 Å². The monoisotopic (exact) mass is 265 g/mol. The molecule has 0 fully saturated rings. The minimum absolute atomic E-state index is 0.330. The zero-order chi connectivity index (χ0) is 14.3. The molecule has 0 radical (unpaired) electrons. The second-order valence-electron chi connectivity index (χ2n) is 4.64. The third-order valence-electron chi connectivity index (χ3n) is 2.87. The van der Waals surface area contributed by atoms with Crippen LogP contribution in [0.25, 0.3) is 0 Å². The van der Waals surface area contributed by atoms with Crippen LogP contribution < -0.4 is 10.5 Å². The Morgan fingerprint density at radius 1 is 1.37 bits per heavy atom. The Labute approximate surface area is 114 Å². The Morgan fingerprint density at radius 2 is 2.11 bits per heavy atom. The van der Waals surface area contributed by atoms with Gasteiger partial charge >= 0.3 is 5.97 Å². The van der Waals surface area contributed by atoms with Crippen molar-refractivity contribution < 1.29 is 14.3 Å². The van der Waals surface area contributed by atoms with Gasteiger partial charge in [0.2, 0.25) is 0 Å². The zero-order valence-electron chi connectivity index (χ0n) is 11.9. The van der Waals surface area contributed by atoms with E-state index < -0.39 is 5.97 Å². The Morgan fingerprint density at radius 3 is 2.74 bits per heavy atom. The van der Waals surface area contributed by atoms with Gasteiger partial charge < -0.3 is 15.2 Å². The SMILES string of the molecule is CCCC(C)COc1cccc(C(=O)OCC)c1N. The molecule has 0 aliphatic heterocycles. The fraction of sp³-hybridized carbons (Fsp3) is 0.533. The predicted molar refractivity (Wildman–Crippen MR) is 76.4 cm³/mol. The van der Waals surface area contributed by atoms with Gasteiger partial charge in [0.05, 0.1) is 24.5 Å². The van der Waals surface area contributed by atoms with Crippen LogP contribution in [0.2, 0.25) is 0 Å². The van der Waals surface area contributed by atoms with Crippen LogP contribution >= 0.6 is 0 Å². The molecule has 0 aliphatic carbocycles. The number of benzene rings is 1. The fourth-order valence-electron chi connectivity index (χ4n) is 1.86. The number of nitrogens with two attached hydrogens (primary N) is 1. The minimum atomic E-state index is -0.410. The maximum Gasteiger partial charge on any atom is 0.340 e. The topological polar surface area (TPSA) is 61.5 Å². The van der Waals surface area contributed by atoms with Crippen LogP contribution in [0.4, 0.5) is 5.69 Å². The first-order valence-electron chi connectivity index (χ1n) is 6.78. The molecule has 0 aliphatic rings. The van der Waals surface area contributed by atoms with E-state index in [1.807, 2.05) is 0 Å². The molecule has 0 bridgehead atoms. The minimum Gasteiger partial charge on any atom is -0.491 e. The van der Waals surface area contributed by atoms with Crippen LogP contribution in [-0.2, 0) is 4.74 Å². The average Bonchev–Trinajstić information content (AvgIpc) is 2.38. The van der Waals surface area contributed by atoms with Crippen LogP contribution in [-0.4, -0.2) is 19.2 Å². The van der Waals surface area contributed by atoms with Crippen LogP contribution in [0, 0.1) is 5.92 Å². The summed E-state index contributed by atoms with van der Waals surface area (Å²) in [4.78, 5) is 11.7. The number of para-hydroxylation sites is 1. The highest BCUT2D eigenvalue weighted by Gasteiger charge is 2.14. The summed E-state index contributed by atoms with van der Waals surface area (Å²) >= 11 is 0. The summed E-state index contributed by atoms with van der Waals surface area (Å²) in [5, 5.41) is 0. The second kappa shape index (κ2) is 7.67. The van der Waals surface area contributed by atoms with E-state index in [-0.39, 0.29) is 0 Å². The molecule has 0 saturated heterocycles. The highest BCUT2D eigenvalue weighted by atomic mass is 16.5. The molecule has 2 N–H and O–H groups in total. The van der Waals surface area contributed by atoms with Crippen molar-refractivity contribution in [3.63, 3.8) is 0 Å². The number of hydrogen-bond acceptors (Lipinski definition) is 4. The fourth-order valence-corrected chi connectivity index (χ4v) is 1.86. The van der Waals surface area contributed by atoms with Crippen molar-refractivity contribution >= 4 is 11.7 Å². The Bertz CT molecular complexity index is 418. The molecular weight excluding hydrogens is 242 g/mol. The third kappa shape index (κ3) is 4.47. The smallest absolute Gasteiger partial charge is 0.340 e. The van der Waals surface area contributed by atoms with Gasteiger partial charge in [-0.1, -0.05) is 26.3 Å². The summed E-state index contributed by atoms with van der Waals surface area (Å²) in [6.45, 7) is 6.98. The van der Waals surface area contributed by atoms with E-state index in [1.54, 1.807) is 25.1 Å². The number of nitrogen functional groups attached to an aromatic ring is 1. The first kappa shape index (κ1) is 15.3. The van der Waals surface area contributed by atoms with E-state index >= 15 is 0 Å². The van der Waals surface area contributed by atoms with Crippen molar-refractivity contribution in [1.29, 1.82) is 0 Å². The van der Waals surface area contributed by atoms with Crippen molar-refractivity contribution in [1.82, 2.24) is 0 Å². The Balaban J connectivity index is 2.74. The number of anilines is 1. The largest absolute Gasteiger partial charge is 0.491 e. The molecule has 1 rings (SSSR count). The number of carbonyl (C=O) groups excluding carboxylic acids is 1. The molecule has 0 spiro atoms. The number of rotatable bonds is 7. The molecule has 0 saturated carbocycles. The second-order valence-corrected chi connectivity index (χ2v) is 4.64. The lowest BCUT2D eigenvalue weighted by Gasteiger charge is -2.15. The summed E-state index contributed by atoms with van der Waals surface area (Å²) in [5.74, 6) is 0.608. The lowest BCUT2D eigenvalue weighted by Crippen LogP contribution is -2.12. The molecular formula is C15H23NO3. The summed E-state index contributed by atoms with van der Waals surface area (Å²) in [5.41, 5.74) is 6.66. The lowest BCUT2D eigenvalue weighted by molar-refractivity contribution is 0.0527. The van der Waals surface area contributed by atoms with E-state index in [4.69, 9.17) is 15.2 Å². The van der Waals surface area contributed by atoms with Gasteiger partial charge in [-0.15, -0.1) is 0 Å². The molecule has 1 aromatic rings. The molecule has 4 heteroatoms. The van der Waals surface area contributed by atoms with E-state index in [1.165, 1.54) is 0 Å². The maximum atomic E-state index is 11.7. The molecule has 1 aromatic carbocycles. The highest BCUT2D eigenvalue weighted by molar-refractivity contribution is 5.96. The molecule has 4 nitrogen and oxygen atoms in total. The molecule has 19 heavy (non-hydrogen) atoms. The first-order chi connectivity index (χ1) is 9.10. The van der Waals surface area contributed by atoms with E-state index in [2.05, 4.69) is 13.8 Å². The van der Waals surface area contributed by atoms with Gasteiger partial charge in [0.1, 0.15) is 5.75 Å². The van der Waals surface area contributed by atoms with Crippen molar-refractivity contribution in [2.75, 3.05) is 18.9 Å². The maximum absolute atomic E-state index is 11.7. The highest BCUT2D eigenvalue weighted by Crippen LogP contribution is 2.26. The van der Waals surface area contributed by atoms with E-state index in [9.17, 15) is 4.79 Å². The molecule has 0 amide bonds. The van der Waals surface area contributed by atoms with Crippen LogP contribution in [0.15, 0.2) is 18.2 Å². The number of esters is 1. The van der Waals surface area contributed by atoms with Crippen LogP contribution in [0.5, 0.6) is 5.75 Å². The standard InChI is InChI=1S/C15H23NO3/c1-4-7-11(3)10-19-13-9-6-8-12(14(13)16)15(17)18-5-2/h6,8-9,11H,4-5,7,10,16H2,1-3H3. The Hall–Kier alpha value is -1.71. The van der Waals surface area contributed by atoms with Crippen molar-refractivity contribution in [3.05, 3.63) is 23.8 Å². The first-order valence-corrected chi connectivity index (χ1v) is 6.78. The number of ether oxygens (including phenoxy) is 2. The molecule has 0 heterocycles. The average molecular weight is 265 g/mol. The third-order valence-corrected chi connectivity index (χ3v) is 2.87. The van der Waals surface area contributed by atoms with Gasteiger partial charge in [0.25, 0.3) is 0 Å². The molecule has 1 atom stereocenters. The van der Waals surface area contributed by atoms with Crippen LogP contribution in [0.3, 0.4) is 0 Å². The quantitative estimate of drug-likeness (QED) is 0.607. The lowest BCUT2D eigenvalue weighted by atomic mass is 10.1. The molecule has 106 valence electrons. The normalized spacial score (nSPS) is 11.9. The van der Waals surface area contributed by atoms with Gasteiger partial charge in [-0.05, 0) is 31.4 Å². The van der Waals surface area contributed by atoms with E-state index in [0.29, 0.717) is 36.1 Å². The Kier molecular flexibility index (Phi) is 6.19. The van der Waals surface area contributed by atoms with Crippen LogP contribution in [0.1, 0.15) is 44.0 Å². The van der Waals surface area contributed by atoms with Gasteiger partial charge in [0, 0.05) is 0 Å².